The topological polar surface area (TPSA) is 50.4 Å². The van der Waals surface area contributed by atoms with E-state index in [1.165, 1.54) is 11.1 Å². The van der Waals surface area contributed by atoms with Gasteiger partial charge in [0.2, 0.25) is 6.41 Å². The summed E-state index contributed by atoms with van der Waals surface area (Å²) in [5.74, 6) is 0.984. The van der Waals surface area contributed by atoms with Crippen molar-refractivity contribution in [3.05, 3.63) is 53.6 Å². The normalized spacial score (nSPS) is 12.9. The number of para-hydroxylation sites is 2. The van der Waals surface area contributed by atoms with Crippen LogP contribution in [0.25, 0.3) is 0 Å². The number of carbonyl (C=O) groups excluding carboxylic acids is 1. The van der Waals surface area contributed by atoms with E-state index in [0.717, 1.165) is 42.9 Å². The number of amides is 1. The molecule has 0 aliphatic rings. The minimum atomic E-state index is 0.0482. The smallest absolute Gasteiger partial charge is 0.211 e. The molecule has 0 bridgehead atoms. The number of hydrogen-bond donors (Lipinski definition) is 2. The van der Waals surface area contributed by atoms with Gasteiger partial charge in [0, 0.05) is 18.5 Å². The first-order chi connectivity index (χ1) is 14.6. The van der Waals surface area contributed by atoms with E-state index in [0.29, 0.717) is 6.41 Å². The van der Waals surface area contributed by atoms with Crippen LogP contribution >= 0.6 is 0 Å². The molecule has 31 heavy (non-hydrogen) atoms. The van der Waals surface area contributed by atoms with Gasteiger partial charge in [0.1, 0.15) is 5.75 Å². The summed E-state index contributed by atoms with van der Waals surface area (Å²) in [6.07, 6.45) is 3.77. The lowest BCUT2D eigenvalue weighted by Gasteiger charge is -2.31. The Bertz CT molecular complexity index is 858. The maximum absolute atomic E-state index is 10.8. The molecule has 0 aliphatic carbocycles. The van der Waals surface area contributed by atoms with Crippen molar-refractivity contribution in [2.24, 2.45) is 0 Å². The molecule has 2 aromatic rings. The number of rotatable bonds is 12. The largest absolute Gasteiger partial charge is 0.490 e. The van der Waals surface area contributed by atoms with Gasteiger partial charge in [0.15, 0.2) is 0 Å². The minimum absolute atomic E-state index is 0.0482. The van der Waals surface area contributed by atoms with Crippen LogP contribution in [0, 0.1) is 0 Å². The molecule has 0 fully saturated rings. The van der Waals surface area contributed by atoms with Crippen LogP contribution in [0.3, 0.4) is 0 Å². The molecule has 170 valence electrons. The molecular formula is C27H40N2O2. The van der Waals surface area contributed by atoms with Crippen LogP contribution in [0.4, 0.5) is 11.4 Å². The van der Waals surface area contributed by atoms with Gasteiger partial charge in [0.25, 0.3) is 0 Å². The van der Waals surface area contributed by atoms with Gasteiger partial charge in [-0.3, -0.25) is 4.79 Å². The average molecular weight is 425 g/mol. The van der Waals surface area contributed by atoms with Crippen LogP contribution in [-0.2, 0) is 15.6 Å². The molecule has 2 rings (SSSR count). The van der Waals surface area contributed by atoms with Crippen molar-refractivity contribution in [3.63, 3.8) is 0 Å². The quantitative estimate of drug-likeness (QED) is 0.364. The summed E-state index contributed by atoms with van der Waals surface area (Å²) in [4.78, 5) is 10.8. The standard InChI is InChI=1S/C27H40N2O2/c1-8-26(4,5)21-14-15-25(22(18-21)27(6,7)9-2)31-20(3)16-17-28-23-12-10-11-13-24(23)29-19-30/h10-15,18-20,28H,8-9,16-17H2,1-7H3,(H,29,30). The molecule has 2 N–H and O–H groups in total. The van der Waals surface area contributed by atoms with Crippen LogP contribution < -0.4 is 15.4 Å². The summed E-state index contributed by atoms with van der Waals surface area (Å²) >= 11 is 0. The Hall–Kier alpha value is -2.49. The van der Waals surface area contributed by atoms with Crippen LogP contribution in [0.1, 0.15) is 78.9 Å². The van der Waals surface area contributed by atoms with Gasteiger partial charge in [-0.05, 0) is 54.4 Å². The maximum atomic E-state index is 10.8. The monoisotopic (exact) mass is 424 g/mol. The van der Waals surface area contributed by atoms with E-state index in [4.69, 9.17) is 4.74 Å². The van der Waals surface area contributed by atoms with Crippen molar-refractivity contribution >= 4 is 17.8 Å². The molecule has 0 aromatic heterocycles. The van der Waals surface area contributed by atoms with Crippen molar-refractivity contribution < 1.29 is 9.53 Å². The van der Waals surface area contributed by atoms with E-state index in [2.05, 4.69) is 77.3 Å². The molecule has 1 amide bonds. The average Bonchev–Trinajstić information content (AvgIpc) is 2.75. The Morgan fingerprint density at radius 1 is 0.968 bits per heavy atom. The molecular weight excluding hydrogens is 384 g/mol. The van der Waals surface area contributed by atoms with Crippen LogP contribution in [0.15, 0.2) is 42.5 Å². The van der Waals surface area contributed by atoms with Crippen molar-refractivity contribution in [2.45, 2.75) is 84.7 Å². The second-order valence-corrected chi connectivity index (χ2v) is 9.64. The lowest BCUT2D eigenvalue weighted by molar-refractivity contribution is -0.105. The zero-order valence-corrected chi connectivity index (χ0v) is 20.3. The van der Waals surface area contributed by atoms with E-state index < -0.39 is 0 Å². The Labute approximate surface area is 188 Å². The summed E-state index contributed by atoms with van der Waals surface area (Å²) in [5, 5.41) is 6.14. The van der Waals surface area contributed by atoms with E-state index in [-0.39, 0.29) is 16.9 Å². The Balaban J connectivity index is 2.11. The van der Waals surface area contributed by atoms with E-state index in [1.54, 1.807) is 0 Å². The molecule has 2 aromatic carbocycles. The minimum Gasteiger partial charge on any atom is -0.490 e. The van der Waals surface area contributed by atoms with Gasteiger partial charge in [-0.2, -0.15) is 0 Å². The molecule has 0 saturated carbocycles. The Morgan fingerprint density at radius 2 is 1.61 bits per heavy atom. The maximum Gasteiger partial charge on any atom is 0.211 e. The fourth-order valence-corrected chi connectivity index (χ4v) is 3.49. The SMILES string of the molecule is CCC(C)(C)c1ccc(OC(C)CCNc2ccccc2NC=O)c(C(C)(C)CC)c1. The zero-order chi connectivity index (χ0) is 23.1. The molecule has 1 atom stereocenters. The van der Waals surface area contributed by atoms with Crippen molar-refractivity contribution in [3.8, 4) is 5.75 Å². The van der Waals surface area contributed by atoms with Gasteiger partial charge in [-0.15, -0.1) is 0 Å². The van der Waals surface area contributed by atoms with E-state index in [9.17, 15) is 4.79 Å². The highest BCUT2D eigenvalue weighted by atomic mass is 16.5. The number of nitrogens with one attached hydrogen (secondary N) is 2. The molecule has 0 saturated heterocycles. The third-order valence-electron chi connectivity index (χ3n) is 6.59. The predicted molar refractivity (Wildman–Crippen MR) is 132 cm³/mol. The first-order valence-electron chi connectivity index (χ1n) is 11.5. The second kappa shape index (κ2) is 10.7. The van der Waals surface area contributed by atoms with Gasteiger partial charge < -0.3 is 15.4 Å². The van der Waals surface area contributed by atoms with Crippen molar-refractivity contribution in [1.29, 1.82) is 0 Å². The number of benzene rings is 2. The highest BCUT2D eigenvalue weighted by Gasteiger charge is 2.27. The highest BCUT2D eigenvalue weighted by Crippen LogP contribution is 2.39. The first-order valence-corrected chi connectivity index (χ1v) is 11.5. The highest BCUT2D eigenvalue weighted by molar-refractivity contribution is 5.80. The molecule has 0 heterocycles. The van der Waals surface area contributed by atoms with Gasteiger partial charge >= 0.3 is 0 Å². The lowest BCUT2D eigenvalue weighted by atomic mass is 9.76. The summed E-state index contributed by atoms with van der Waals surface area (Å²) in [7, 11) is 0. The van der Waals surface area contributed by atoms with Crippen LogP contribution in [-0.4, -0.2) is 19.1 Å². The van der Waals surface area contributed by atoms with Crippen LogP contribution in [0.5, 0.6) is 5.75 Å². The summed E-state index contributed by atoms with van der Waals surface area (Å²) < 4.78 is 6.44. The number of carbonyl (C=O) groups is 1. The van der Waals surface area contributed by atoms with Crippen molar-refractivity contribution in [1.82, 2.24) is 0 Å². The number of hydrogen-bond acceptors (Lipinski definition) is 3. The number of ether oxygens (including phenoxy) is 1. The molecule has 4 nitrogen and oxygen atoms in total. The first kappa shape index (κ1) is 24.8. The lowest BCUT2D eigenvalue weighted by Crippen LogP contribution is -2.23. The van der Waals surface area contributed by atoms with Gasteiger partial charge in [-0.25, -0.2) is 0 Å². The van der Waals surface area contributed by atoms with Gasteiger partial charge in [0.05, 0.1) is 17.5 Å². The molecule has 0 spiro atoms. The molecule has 0 aliphatic heterocycles. The van der Waals surface area contributed by atoms with Gasteiger partial charge in [-0.1, -0.05) is 65.8 Å². The van der Waals surface area contributed by atoms with E-state index >= 15 is 0 Å². The fourth-order valence-electron chi connectivity index (χ4n) is 3.49. The van der Waals surface area contributed by atoms with Crippen molar-refractivity contribution in [2.75, 3.05) is 17.2 Å². The van der Waals surface area contributed by atoms with E-state index in [1.807, 2.05) is 24.3 Å². The predicted octanol–water partition coefficient (Wildman–Crippen LogP) is 6.90. The summed E-state index contributed by atoms with van der Waals surface area (Å²) in [5.41, 5.74) is 4.55. The second-order valence-electron chi connectivity index (χ2n) is 9.64. The zero-order valence-electron chi connectivity index (χ0n) is 20.3. The molecule has 1 unspecified atom stereocenters. The molecule has 4 heteroatoms. The third kappa shape index (κ3) is 6.49. The fraction of sp³-hybridized carbons (Fsp3) is 0.519. The number of anilines is 2. The third-order valence-corrected chi connectivity index (χ3v) is 6.59. The van der Waals surface area contributed by atoms with Crippen LogP contribution in [0.2, 0.25) is 0 Å². The summed E-state index contributed by atoms with van der Waals surface area (Å²) in [6.45, 7) is 16.5. The molecule has 0 radical (unpaired) electrons. The Morgan fingerprint density at radius 3 is 2.23 bits per heavy atom. The summed E-state index contributed by atoms with van der Waals surface area (Å²) in [6, 6.07) is 14.4. The Kier molecular flexibility index (Phi) is 8.55.